The molecule has 0 saturated heterocycles. The number of carbonyl (C=O) groups excluding carboxylic acids is 1. The van der Waals surface area contributed by atoms with Crippen molar-refractivity contribution in [2.75, 3.05) is 11.6 Å². The van der Waals surface area contributed by atoms with E-state index in [1.165, 1.54) is 13.0 Å². The van der Waals surface area contributed by atoms with Crippen LogP contribution in [0.2, 0.25) is 0 Å². The molecule has 0 saturated carbocycles. The Hall–Kier alpha value is -3.23. The van der Waals surface area contributed by atoms with Gasteiger partial charge in [0.05, 0.1) is 17.9 Å². The highest BCUT2D eigenvalue weighted by Crippen LogP contribution is 2.34. The van der Waals surface area contributed by atoms with Gasteiger partial charge in [0.2, 0.25) is 5.82 Å². The van der Waals surface area contributed by atoms with Crippen molar-refractivity contribution >= 4 is 23.4 Å². The van der Waals surface area contributed by atoms with Gasteiger partial charge in [0.1, 0.15) is 11.4 Å². The molecule has 0 N–H and O–H groups in total. The van der Waals surface area contributed by atoms with E-state index in [9.17, 15) is 26.7 Å². The molecular weight excluding hydrogens is 407 g/mol. The fourth-order valence-electron chi connectivity index (χ4n) is 2.76. The molecule has 158 valence electrons. The van der Waals surface area contributed by atoms with Crippen molar-refractivity contribution in [1.29, 1.82) is 0 Å². The highest BCUT2D eigenvalue weighted by Gasteiger charge is 2.37. The first-order valence-electron chi connectivity index (χ1n) is 8.98. The van der Waals surface area contributed by atoms with Gasteiger partial charge >= 0.3 is 0 Å². The zero-order valence-corrected chi connectivity index (χ0v) is 16.3. The topological polar surface area (TPSA) is 41.9 Å². The molecule has 0 radical (unpaired) electrons. The number of anilines is 1. The standard InChI is InChI=1S/C21H17F5N2O2/c1-10(2)9-30-14-7-5-4-6-12(14)8-13-11(3)27-28(21(13)29)20-18(25)16(23)15(22)17(24)19(20)26/h4-8,10H,9H2,1-3H3/b13-8-. The molecule has 0 fully saturated rings. The maximum atomic E-state index is 14.1. The second kappa shape index (κ2) is 8.25. The molecule has 1 amide bonds. The van der Waals surface area contributed by atoms with E-state index in [-0.39, 0.29) is 22.2 Å². The Balaban J connectivity index is 2.03. The molecule has 2 aromatic rings. The molecule has 2 aromatic carbocycles. The number of carbonyl (C=O) groups is 1. The molecule has 1 aliphatic rings. The number of benzene rings is 2. The summed E-state index contributed by atoms with van der Waals surface area (Å²) >= 11 is 0. The smallest absolute Gasteiger partial charge is 0.280 e. The quantitative estimate of drug-likeness (QED) is 0.286. The molecular formula is C21H17F5N2O2. The Bertz CT molecular complexity index is 1050. The van der Waals surface area contributed by atoms with Crippen molar-refractivity contribution in [2.24, 2.45) is 11.0 Å². The lowest BCUT2D eigenvalue weighted by Gasteiger charge is -2.15. The molecule has 1 aliphatic heterocycles. The van der Waals surface area contributed by atoms with Crippen LogP contribution < -0.4 is 9.75 Å². The third kappa shape index (κ3) is 3.79. The van der Waals surface area contributed by atoms with Gasteiger partial charge in [-0.3, -0.25) is 4.79 Å². The lowest BCUT2D eigenvalue weighted by molar-refractivity contribution is -0.114. The van der Waals surface area contributed by atoms with Crippen LogP contribution in [0.3, 0.4) is 0 Å². The van der Waals surface area contributed by atoms with Gasteiger partial charge < -0.3 is 4.74 Å². The number of ether oxygens (including phenoxy) is 1. The predicted molar refractivity (Wildman–Crippen MR) is 102 cm³/mol. The summed E-state index contributed by atoms with van der Waals surface area (Å²) in [7, 11) is 0. The Kier molecular flexibility index (Phi) is 5.91. The van der Waals surface area contributed by atoms with Gasteiger partial charge in [-0.15, -0.1) is 0 Å². The Morgan fingerprint density at radius 1 is 1.00 bits per heavy atom. The van der Waals surface area contributed by atoms with E-state index in [2.05, 4.69) is 5.10 Å². The molecule has 9 heteroatoms. The molecule has 0 unspecified atom stereocenters. The summed E-state index contributed by atoms with van der Waals surface area (Å²) < 4.78 is 74.4. The lowest BCUT2D eigenvalue weighted by atomic mass is 10.1. The van der Waals surface area contributed by atoms with E-state index >= 15 is 0 Å². The van der Waals surface area contributed by atoms with Gasteiger partial charge in [-0.25, -0.2) is 22.0 Å². The van der Waals surface area contributed by atoms with E-state index in [1.54, 1.807) is 24.3 Å². The minimum Gasteiger partial charge on any atom is -0.493 e. The van der Waals surface area contributed by atoms with Gasteiger partial charge in [-0.05, 0) is 25.0 Å². The van der Waals surface area contributed by atoms with Crippen molar-refractivity contribution in [3.05, 3.63) is 64.5 Å². The average Bonchev–Trinajstić information content (AvgIpc) is 2.98. The van der Waals surface area contributed by atoms with Gasteiger partial charge in [0, 0.05) is 5.56 Å². The first-order chi connectivity index (χ1) is 14.1. The summed E-state index contributed by atoms with van der Waals surface area (Å²) in [5, 5.41) is 3.89. The molecule has 0 aliphatic carbocycles. The van der Waals surface area contributed by atoms with Crippen molar-refractivity contribution < 1.29 is 31.5 Å². The second-order valence-corrected chi connectivity index (χ2v) is 7.02. The fourth-order valence-corrected chi connectivity index (χ4v) is 2.76. The number of hydrogen-bond donors (Lipinski definition) is 0. The van der Waals surface area contributed by atoms with Crippen molar-refractivity contribution in [3.63, 3.8) is 0 Å². The van der Waals surface area contributed by atoms with Crippen LogP contribution in [0.25, 0.3) is 6.08 Å². The van der Waals surface area contributed by atoms with Gasteiger partial charge in [0.15, 0.2) is 23.3 Å². The monoisotopic (exact) mass is 424 g/mol. The second-order valence-electron chi connectivity index (χ2n) is 7.02. The maximum Gasteiger partial charge on any atom is 0.280 e. The Morgan fingerprint density at radius 3 is 2.17 bits per heavy atom. The van der Waals surface area contributed by atoms with Crippen LogP contribution in [0.5, 0.6) is 5.75 Å². The van der Waals surface area contributed by atoms with Crippen LogP contribution in [0.15, 0.2) is 34.9 Å². The minimum absolute atomic E-state index is 0.0441. The molecule has 0 bridgehead atoms. The summed E-state index contributed by atoms with van der Waals surface area (Å²) in [5.74, 6) is -11.2. The van der Waals surface area contributed by atoms with Gasteiger partial charge in [-0.1, -0.05) is 32.0 Å². The van der Waals surface area contributed by atoms with E-state index in [0.717, 1.165) is 0 Å². The predicted octanol–water partition coefficient (Wildman–Crippen LogP) is 5.22. The molecule has 0 spiro atoms. The highest BCUT2D eigenvalue weighted by atomic mass is 19.2. The summed E-state index contributed by atoms with van der Waals surface area (Å²) in [6.07, 6.45) is 1.39. The fraction of sp³-hybridized carbons (Fsp3) is 0.238. The SMILES string of the molecule is CC1=NN(c2c(F)c(F)c(F)c(F)c2F)C(=O)/C1=C\c1ccccc1OCC(C)C. The maximum absolute atomic E-state index is 14.1. The van der Waals surface area contributed by atoms with Gasteiger partial charge in [-0.2, -0.15) is 10.1 Å². The molecule has 0 atom stereocenters. The van der Waals surface area contributed by atoms with Crippen LogP contribution in [-0.2, 0) is 4.79 Å². The first kappa shape index (κ1) is 21.5. The third-order valence-corrected chi connectivity index (χ3v) is 4.25. The number of para-hydroxylation sites is 1. The summed E-state index contributed by atoms with van der Waals surface area (Å²) in [5.41, 5.74) is -0.957. The first-order valence-corrected chi connectivity index (χ1v) is 8.98. The number of rotatable bonds is 5. The number of halogens is 5. The zero-order chi connectivity index (χ0) is 22.2. The van der Waals surface area contributed by atoms with Crippen LogP contribution in [0, 0.1) is 35.0 Å². The molecule has 0 aromatic heterocycles. The van der Waals surface area contributed by atoms with Gasteiger partial charge in [0.25, 0.3) is 5.91 Å². The van der Waals surface area contributed by atoms with Crippen LogP contribution in [-0.4, -0.2) is 18.2 Å². The lowest BCUT2D eigenvalue weighted by Crippen LogP contribution is -2.25. The Morgan fingerprint density at radius 2 is 1.57 bits per heavy atom. The number of hydrogen-bond acceptors (Lipinski definition) is 3. The van der Waals surface area contributed by atoms with Crippen LogP contribution in [0.4, 0.5) is 27.6 Å². The normalized spacial score (nSPS) is 15.4. The van der Waals surface area contributed by atoms with E-state index < -0.39 is 40.7 Å². The van der Waals surface area contributed by atoms with Crippen molar-refractivity contribution in [3.8, 4) is 5.75 Å². The molecule has 4 nitrogen and oxygen atoms in total. The largest absolute Gasteiger partial charge is 0.493 e. The summed E-state index contributed by atoms with van der Waals surface area (Å²) in [4.78, 5) is 12.7. The number of amides is 1. The minimum atomic E-state index is -2.31. The third-order valence-electron chi connectivity index (χ3n) is 4.25. The van der Waals surface area contributed by atoms with E-state index in [4.69, 9.17) is 4.74 Å². The van der Waals surface area contributed by atoms with Crippen LogP contribution in [0.1, 0.15) is 26.3 Å². The summed E-state index contributed by atoms with van der Waals surface area (Å²) in [6.45, 7) is 5.71. The van der Waals surface area contributed by atoms with Crippen LogP contribution >= 0.6 is 0 Å². The van der Waals surface area contributed by atoms with E-state index in [0.29, 0.717) is 17.9 Å². The molecule has 3 rings (SSSR count). The summed E-state index contributed by atoms with van der Waals surface area (Å²) in [6, 6.07) is 6.77. The van der Waals surface area contributed by atoms with Crippen molar-refractivity contribution in [2.45, 2.75) is 20.8 Å². The Labute approximate surface area is 169 Å². The highest BCUT2D eigenvalue weighted by molar-refractivity contribution is 6.32. The average molecular weight is 424 g/mol. The number of hydrazone groups is 1. The zero-order valence-electron chi connectivity index (χ0n) is 16.3. The molecule has 1 heterocycles. The molecule has 30 heavy (non-hydrogen) atoms. The number of nitrogens with zero attached hydrogens (tertiary/aromatic N) is 2. The van der Waals surface area contributed by atoms with E-state index in [1.807, 2.05) is 13.8 Å². The van der Waals surface area contributed by atoms with Crippen molar-refractivity contribution in [1.82, 2.24) is 0 Å².